The molecule has 0 amide bonds. The second-order valence-corrected chi connectivity index (χ2v) is 5.57. The van der Waals surface area contributed by atoms with Gasteiger partial charge in [-0.05, 0) is 44.0 Å². The number of hydrogen-bond donors (Lipinski definition) is 1. The molecule has 0 aromatic heterocycles. The normalized spacial score (nSPS) is 29.6. The zero-order valence-corrected chi connectivity index (χ0v) is 12.0. The van der Waals surface area contributed by atoms with E-state index >= 15 is 0 Å². The summed E-state index contributed by atoms with van der Waals surface area (Å²) in [6.45, 7) is 3.62. The van der Waals surface area contributed by atoms with Crippen molar-refractivity contribution in [3.05, 3.63) is 24.3 Å². The minimum Gasteiger partial charge on any atom is -0.497 e. The Kier molecular flexibility index (Phi) is 3.30. The van der Waals surface area contributed by atoms with Crippen molar-refractivity contribution < 1.29 is 9.47 Å². The molecule has 3 rings (SSSR count). The molecule has 2 unspecified atom stereocenters. The Morgan fingerprint density at radius 1 is 1.40 bits per heavy atom. The van der Waals surface area contributed by atoms with Crippen LogP contribution in [-0.4, -0.2) is 37.9 Å². The number of guanidine groups is 1. The average molecular weight is 275 g/mol. The molecule has 2 atom stereocenters. The number of aliphatic imine (C=N–C) groups is 1. The third-order valence-electron chi connectivity index (χ3n) is 4.21. The minimum absolute atomic E-state index is 0.0314. The lowest BCUT2D eigenvalue weighted by Crippen LogP contribution is -2.56. The second kappa shape index (κ2) is 4.98. The van der Waals surface area contributed by atoms with Crippen molar-refractivity contribution in [3.8, 4) is 5.75 Å². The lowest BCUT2D eigenvalue weighted by Gasteiger charge is -2.44. The largest absolute Gasteiger partial charge is 0.497 e. The van der Waals surface area contributed by atoms with Gasteiger partial charge >= 0.3 is 0 Å². The molecular formula is C15H21N3O2. The first-order valence-corrected chi connectivity index (χ1v) is 7.00. The Bertz CT molecular complexity index is 514. The van der Waals surface area contributed by atoms with Crippen LogP contribution in [0.3, 0.4) is 0 Å². The summed E-state index contributed by atoms with van der Waals surface area (Å²) in [7, 11) is 1.67. The Hall–Kier alpha value is -1.75. The van der Waals surface area contributed by atoms with Crippen LogP contribution in [0.25, 0.3) is 0 Å². The van der Waals surface area contributed by atoms with Crippen molar-refractivity contribution in [1.29, 1.82) is 0 Å². The number of rotatable bonds is 2. The Labute approximate surface area is 119 Å². The molecule has 2 heterocycles. The molecule has 20 heavy (non-hydrogen) atoms. The van der Waals surface area contributed by atoms with E-state index in [2.05, 4.69) is 16.8 Å². The predicted molar refractivity (Wildman–Crippen MR) is 79.3 cm³/mol. The molecule has 2 N–H and O–H groups in total. The first-order valence-electron chi connectivity index (χ1n) is 7.00. The summed E-state index contributed by atoms with van der Waals surface area (Å²) in [5.41, 5.74) is 7.17. The highest BCUT2D eigenvalue weighted by molar-refractivity contribution is 5.98. The van der Waals surface area contributed by atoms with Crippen LogP contribution in [0.15, 0.2) is 29.3 Å². The van der Waals surface area contributed by atoms with Gasteiger partial charge in [0.1, 0.15) is 5.75 Å². The third-order valence-corrected chi connectivity index (χ3v) is 4.21. The van der Waals surface area contributed by atoms with E-state index in [9.17, 15) is 0 Å². The van der Waals surface area contributed by atoms with Gasteiger partial charge < -0.3 is 20.1 Å². The smallest absolute Gasteiger partial charge is 0.196 e. The van der Waals surface area contributed by atoms with Gasteiger partial charge in [0.15, 0.2) is 5.96 Å². The molecular weight excluding hydrogens is 254 g/mol. The van der Waals surface area contributed by atoms with Crippen LogP contribution in [0, 0.1) is 0 Å². The first-order chi connectivity index (χ1) is 9.64. The van der Waals surface area contributed by atoms with Gasteiger partial charge in [-0.15, -0.1) is 0 Å². The topological polar surface area (TPSA) is 60.1 Å². The molecule has 2 aliphatic heterocycles. The fraction of sp³-hybridized carbons (Fsp3) is 0.533. The number of nitrogens with zero attached hydrogens (tertiary/aromatic N) is 2. The third kappa shape index (κ3) is 2.12. The molecule has 0 bridgehead atoms. The number of methoxy groups -OCH3 is 1. The van der Waals surface area contributed by atoms with E-state index in [1.54, 1.807) is 7.11 Å². The number of hydrogen-bond acceptors (Lipinski definition) is 5. The van der Waals surface area contributed by atoms with Crippen molar-refractivity contribution in [1.82, 2.24) is 0 Å². The van der Waals surface area contributed by atoms with Crippen molar-refractivity contribution in [2.45, 2.75) is 31.4 Å². The van der Waals surface area contributed by atoms with Gasteiger partial charge in [-0.2, -0.15) is 0 Å². The van der Waals surface area contributed by atoms with E-state index in [4.69, 9.17) is 15.2 Å². The van der Waals surface area contributed by atoms with Gasteiger partial charge in [-0.1, -0.05) is 0 Å². The van der Waals surface area contributed by atoms with Crippen molar-refractivity contribution in [2.75, 3.05) is 25.2 Å². The summed E-state index contributed by atoms with van der Waals surface area (Å²) in [6, 6.07) is 7.98. The monoisotopic (exact) mass is 275 g/mol. The minimum atomic E-state index is -0.0314. The summed E-state index contributed by atoms with van der Waals surface area (Å²) in [6.07, 6.45) is 2.14. The fourth-order valence-electron chi connectivity index (χ4n) is 3.24. The van der Waals surface area contributed by atoms with Crippen LogP contribution in [0.4, 0.5) is 5.69 Å². The Morgan fingerprint density at radius 2 is 2.15 bits per heavy atom. The van der Waals surface area contributed by atoms with E-state index in [1.165, 1.54) is 0 Å². The van der Waals surface area contributed by atoms with Crippen molar-refractivity contribution in [3.63, 3.8) is 0 Å². The van der Waals surface area contributed by atoms with Crippen LogP contribution in [0.2, 0.25) is 0 Å². The van der Waals surface area contributed by atoms with Crippen LogP contribution in [0.1, 0.15) is 19.8 Å². The lowest BCUT2D eigenvalue weighted by atomic mass is 9.85. The summed E-state index contributed by atoms with van der Waals surface area (Å²) >= 11 is 0. The van der Waals surface area contributed by atoms with Gasteiger partial charge in [-0.3, -0.25) is 4.99 Å². The zero-order valence-electron chi connectivity index (χ0n) is 12.0. The second-order valence-electron chi connectivity index (χ2n) is 5.57. The van der Waals surface area contributed by atoms with Gasteiger partial charge in [0.05, 0.1) is 25.3 Å². The van der Waals surface area contributed by atoms with E-state index in [0.29, 0.717) is 5.96 Å². The molecule has 5 nitrogen and oxygen atoms in total. The molecule has 1 spiro atoms. The Balaban J connectivity index is 1.93. The summed E-state index contributed by atoms with van der Waals surface area (Å²) in [5.74, 6) is 1.45. The van der Waals surface area contributed by atoms with Gasteiger partial charge in [0, 0.05) is 12.3 Å². The number of anilines is 1. The van der Waals surface area contributed by atoms with E-state index in [1.807, 2.05) is 24.3 Å². The Morgan fingerprint density at radius 3 is 2.80 bits per heavy atom. The fourth-order valence-corrected chi connectivity index (χ4v) is 3.24. The molecule has 1 fully saturated rings. The maximum absolute atomic E-state index is 6.14. The molecule has 1 saturated heterocycles. The standard InChI is InChI=1S/C15H21N3O2/c1-11-9-15(7-8-20-11)10-17-14(16)18(15)12-3-5-13(19-2)6-4-12/h3-6,11H,7-10H2,1-2H3,(H2,16,17). The summed E-state index contributed by atoms with van der Waals surface area (Å²) < 4.78 is 10.9. The maximum Gasteiger partial charge on any atom is 0.196 e. The first kappa shape index (κ1) is 13.2. The van der Waals surface area contributed by atoms with E-state index in [0.717, 1.165) is 37.4 Å². The molecule has 1 aromatic carbocycles. The van der Waals surface area contributed by atoms with Crippen LogP contribution in [0.5, 0.6) is 5.75 Å². The van der Waals surface area contributed by atoms with Crippen molar-refractivity contribution >= 4 is 11.6 Å². The highest BCUT2D eigenvalue weighted by Crippen LogP contribution is 2.38. The summed E-state index contributed by atoms with van der Waals surface area (Å²) in [5, 5.41) is 0. The SMILES string of the molecule is COc1ccc(N2C(N)=NCC23CCOC(C)C3)cc1. The highest BCUT2D eigenvalue weighted by atomic mass is 16.5. The van der Waals surface area contributed by atoms with E-state index < -0.39 is 0 Å². The zero-order chi connectivity index (χ0) is 14.2. The lowest BCUT2D eigenvalue weighted by molar-refractivity contribution is -0.00246. The number of nitrogens with two attached hydrogens (primary N) is 1. The average Bonchev–Trinajstić information content (AvgIpc) is 2.75. The van der Waals surface area contributed by atoms with Crippen molar-refractivity contribution in [2.24, 2.45) is 10.7 Å². The molecule has 0 aliphatic carbocycles. The van der Waals surface area contributed by atoms with Gasteiger partial charge in [0.2, 0.25) is 0 Å². The number of ether oxygens (including phenoxy) is 2. The van der Waals surface area contributed by atoms with Crippen LogP contribution >= 0.6 is 0 Å². The van der Waals surface area contributed by atoms with Crippen LogP contribution in [-0.2, 0) is 4.74 Å². The molecule has 1 aromatic rings. The highest BCUT2D eigenvalue weighted by Gasteiger charge is 2.46. The molecule has 108 valence electrons. The summed E-state index contributed by atoms with van der Waals surface area (Å²) in [4.78, 5) is 6.65. The molecule has 2 aliphatic rings. The quantitative estimate of drug-likeness (QED) is 0.893. The molecule has 0 radical (unpaired) electrons. The van der Waals surface area contributed by atoms with Crippen LogP contribution < -0.4 is 15.4 Å². The number of benzene rings is 1. The molecule has 0 saturated carbocycles. The van der Waals surface area contributed by atoms with E-state index in [-0.39, 0.29) is 11.6 Å². The van der Waals surface area contributed by atoms with Gasteiger partial charge in [0.25, 0.3) is 0 Å². The predicted octanol–water partition coefficient (Wildman–Crippen LogP) is 1.77. The maximum atomic E-state index is 6.14. The molecule has 5 heteroatoms. The van der Waals surface area contributed by atoms with Gasteiger partial charge in [-0.25, -0.2) is 0 Å².